The molecular weight excluding hydrogens is 573 g/mol. The third-order valence-corrected chi connectivity index (χ3v) is 8.22. The van der Waals surface area contributed by atoms with E-state index < -0.39 is 18.1 Å². The topological polar surface area (TPSA) is 108 Å². The van der Waals surface area contributed by atoms with Gasteiger partial charge < -0.3 is 15.5 Å². The molecule has 228 valence electrons. The third kappa shape index (κ3) is 8.92. The molecule has 0 spiro atoms. The Bertz CT molecular complexity index is 1350. The Balaban J connectivity index is 0.000000517. The molecule has 3 N–H and O–H groups in total. The number of fused-ring (bicyclic) bond motifs is 1. The highest BCUT2D eigenvalue weighted by Gasteiger charge is 2.38. The van der Waals surface area contributed by atoms with Crippen molar-refractivity contribution in [2.75, 3.05) is 32.7 Å². The Morgan fingerprint density at radius 1 is 0.976 bits per heavy atom. The summed E-state index contributed by atoms with van der Waals surface area (Å²) in [6, 6.07) is 14.9. The van der Waals surface area contributed by atoms with Crippen molar-refractivity contribution in [1.29, 1.82) is 0 Å². The predicted octanol–water partition coefficient (Wildman–Crippen LogP) is 5.57. The highest BCUT2D eigenvalue weighted by atomic mass is 35.5. The molecule has 0 amide bonds. The average Bonchev–Trinajstić information content (AvgIpc) is 3.31. The van der Waals surface area contributed by atoms with Crippen molar-refractivity contribution in [3.63, 3.8) is 0 Å². The van der Waals surface area contributed by atoms with Crippen LogP contribution >= 0.6 is 11.6 Å². The molecule has 12 heteroatoms. The molecule has 2 aromatic carbocycles. The second kappa shape index (κ2) is 14.3. The lowest BCUT2D eigenvalue weighted by Gasteiger charge is -2.30. The first-order valence-corrected chi connectivity index (χ1v) is 14.6. The normalized spacial score (nSPS) is 17.1. The van der Waals surface area contributed by atoms with Crippen molar-refractivity contribution in [3.05, 3.63) is 64.3 Å². The number of nitrogens with one attached hydrogen (secondary N) is 1. The maximum absolute atomic E-state index is 11.1. The van der Waals surface area contributed by atoms with E-state index in [0.717, 1.165) is 62.1 Å². The third-order valence-electron chi connectivity index (χ3n) is 7.97. The van der Waals surface area contributed by atoms with Gasteiger partial charge in [-0.2, -0.15) is 18.3 Å². The molecule has 0 atom stereocenters. The summed E-state index contributed by atoms with van der Waals surface area (Å²) in [6.45, 7) is 4.73. The molecule has 8 nitrogen and oxygen atoms in total. The largest absolute Gasteiger partial charge is 0.490 e. The lowest BCUT2D eigenvalue weighted by molar-refractivity contribution is -0.192. The minimum atomic E-state index is -5.08. The number of aryl methyl sites for hydroxylation is 1. The second-order valence-electron chi connectivity index (χ2n) is 11.0. The number of aliphatic carboxylic acids is 2. The first kappa shape index (κ1) is 31.8. The Morgan fingerprint density at radius 3 is 2.19 bits per heavy atom. The number of hydrogen-bond donors (Lipinski definition) is 3. The number of piperidine rings is 2. The number of hydrogen-bond acceptors (Lipinski definition) is 5. The molecule has 0 saturated carbocycles. The van der Waals surface area contributed by atoms with E-state index in [-0.39, 0.29) is 6.54 Å². The summed E-state index contributed by atoms with van der Waals surface area (Å²) < 4.78 is 33.9. The molecule has 42 heavy (non-hydrogen) atoms. The quantitative estimate of drug-likeness (QED) is 0.307. The van der Waals surface area contributed by atoms with Gasteiger partial charge >= 0.3 is 18.1 Å². The number of likely N-dealkylation sites (tertiary alicyclic amines) is 1. The number of halogens is 4. The van der Waals surface area contributed by atoms with Crippen molar-refractivity contribution >= 4 is 34.4 Å². The zero-order chi connectivity index (χ0) is 30.3. The number of benzene rings is 2. The van der Waals surface area contributed by atoms with E-state index in [0.29, 0.717) is 12.5 Å². The number of carboxylic acids is 2. The van der Waals surface area contributed by atoms with Crippen LogP contribution in [0, 0.1) is 5.92 Å². The molecule has 1 aromatic heterocycles. The van der Waals surface area contributed by atoms with Crippen molar-refractivity contribution in [2.24, 2.45) is 5.92 Å². The van der Waals surface area contributed by atoms with Gasteiger partial charge in [0.25, 0.3) is 0 Å². The van der Waals surface area contributed by atoms with E-state index in [1.54, 1.807) is 0 Å². The molecule has 0 bridgehead atoms. The van der Waals surface area contributed by atoms with E-state index >= 15 is 0 Å². The SMILES string of the molecule is O=C(O)C(F)(F)F.O=C(O)CN1CCC(c2nn(Cc3ccc(Cl)cc3)c3cc(CCC4CCNCC4)ccc23)CC1. The zero-order valence-corrected chi connectivity index (χ0v) is 24.0. The molecule has 2 fully saturated rings. The second-order valence-corrected chi connectivity index (χ2v) is 11.4. The Morgan fingerprint density at radius 2 is 1.60 bits per heavy atom. The average molecular weight is 609 g/mol. The van der Waals surface area contributed by atoms with Gasteiger partial charge in [-0.3, -0.25) is 14.4 Å². The first-order valence-electron chi connectivity index (χ1n) is 14.2. The van der Waals surface area contributed by atoms with Crippen LogP contribution in [0.25, 0.3) is 10.9 Å². The van der Waals surface area contributed by atoms with E-state index in [1.165, 1.54) is 41.3 Å². The molecule has 2 saturated heterocycles. The summed E-state index contributed by atoms with van der Waals surface area (Å²) in [6.07, 6.45) is 1.71. The van der Waals surface area contributed by atoms with Gasteiger partial charge in [0.2, 0.25) is 0 Å². The molecular formula is C30H36ClF3N4O4. The van der Waals surface area contributed by atoms with E-state index in [9.17, 15) is 18.0 Å². The lowest BCUT2D eigenvalue weighted by atomic mass is 9.90. The number of nitrogens with zero attached hydrogens (tertiary/aromatic N) is 3. The summed E-state index contributed by atoms with van der Waals surface area (Å²) in [4.78, 5) is 22.0. The molecule has 3 aromatic rings. The standard InChI is InChI=1S/C28H35ClN4O2.C2HF3O2/c29-24-6-3-22(4-7-24)18-33-26-17-21(2-1-20-9-13-30-14-10-20)5-8-25(26)28(31-33)23-11-15-32(16-12-23)19-27(34)35;3-2(4,5)1(6)7/h3-8,17,20,23,30H,1-2,9-16,18-19H2,(H,34,35);(H,6,7). The fourth-order valence-electron chi connectivity index (χ4n) is 5.68. The van der Waals surface area contributed by atoms with E-state index in [1.807, 2.05) is 17.0 Å². The maximum atomic E-state index is 11.1. The van der Waals surface area contributed by atoms with Gasteiger partial charge in [-0.15, -0.1) is 0 Å². The summed E-state index contributed by atoms with van der Waals surface area (Å²) in [5.74, 6) is -2.34. The van der Waals surface area contributed by atoms with Gasteiger partial charge in [0.1, 0.15) is 0 Å². The number of carboxylic acid groups (broad SMARTS) is 2. The Hall–Kier alpha value is -3.15. The summed E-state index contributed by atoms with van der Waals surface area (Å²) in [7, 11) is 0. The van der Waals surface area contributed by atoms with Gasteiger partial charge in [-0.1, -0.05) is 35.9 Å². The molecule has 0 aliphatic carbocycles. The molecule has 2 aliphatic rings. The van der Waals surface area contributed by atoms with Crippen molar-refractivity contribution in [3.8, 4) is 0 Å². The highest BCUT2D eigenvalue weighted by molar-refractivity contribution is 6.30. The maximum Gasteiger partial charge on any atom is 0.490 e. The fraction of sp³-hybridized carbons (Fsp3) is 0.500. The molecule has 3 heterocycles. The number of aromatic nitrogens is 2. The van der Waals surface area contributed by atoms with E-state index in [2.05, 4.69) is 40.3 Å². The lowest BCUT2D eigenvalue weighted by Crippen LogP contribution is -2.36. The van der Waals surface area contributed by atoms with Gasteiger partial charge in [0.05, 0.1) is 24.3 Å². The fourth-order valence-corrected chi connectivity index (χ4v) is 5.81. The van der Waals surface area contributed by atoms with Crippen LogP contribution in [0.4, 0.5) is 13.2 Å². The predicted molar refractivity (Wildman–Crippen MR) is 154 cm³/mol. The van der Waals surface area contributed by atoms with Crippen LogP contribution < -0.4 is 5.32 Å². The number of alkyl halides is 3. The van der Waals surface area contributed by atoms with E-state index in [4.69, 9.17) is 31.7 Å². The van der Waals surface area contributed by atoms with Crippen LogP contribution in [-0.4, -0.2) is 75.7 Å². The van der Waals surface area contributed by atoms with Crippen LogP contribution in [-0.2, 0) is 22.6 Å². The summed E-state index contributed by atoms with van der Waals surface area (Å²) in [5, 5.41) is 26.9. The molecule has 5 rings (SSSR count). The first-order chi connectivity index (χ1) is 20.0. The highest BCUT2D eigenvalue weighted by Crippen LogP contribution is 2.34. The number of rotatable bonds is 8. The van der Waals surface area contributed by atoms with Gasteiger partial charge in [0, 0.05) is 16.3 Å². The van der Waals surface area contributed by atoms with Gasteiger partial charge in [0.15, 0.2) is 0 Å². The van der Waals surface area contributed by atoms with Crippen LogP contribution in [0.2, 0.25) is 5.02 Å². The van der Waals surface area contributed by atoms with Crippen molar-refractivity contribution in [2.45, 2.75) is 57.2 Å². The minimum absolute atomic E-state index is 0.124. The van der Waals surface area contributed by atoms with Crippen molar-refractivity contribution < 1.29 is 33.0 Å². The molecule has 0 radical (unpaired) electrons. The Labute approximate surface area is 247 Å². The Kier molecular flexibility index (Phi) is 10.9. The van der Waals surface area contributed by atoms with Crippen LogP contribution in [0.3, 0.4) is 0 Å². The monoisotopic (exact) mass is 608 g/mol. The molecule has 0 unspecified atom stereocenters. The minimum Gasteiger partial charge on any atom is -0.480 e. The summed E-state index contributed by atoms with van der Waals surface area (Å²) in [5.41, 5.74) is 4.93. The van der Waals surface area contributed by atoms with Gasteiger partial charge in [-0.05, 0) is 99.9 Å². The van der Waals surface area contributed by atoms with Crippen LogP contribution in [0.5, 0.6) is 0 Å². The van der Waals surface area contributed by atoms with Crippen LogP contribution in [0.1, 0.15) is 54.8 Å². The van der Waals surface area contributed by atoms with Gasteiger partial charge in [-0.25, -0.2) is 4.79 Å². The number of carbonyl (C=O) groups is 2. The van der Waals surface area contributed by atoms with Crippen LogP contribution in [0.15, 0.2) is 42.5 Å². The zero-order valence-electron chi connectivity index (χ0n) is 23.2. The molecule has 2 aliphatic heterocycles. The summed E-state index contributed by atoms with van der Waals surface area (Å²) >= 11 is 6.11. The van der Waals surface area contributed by atoms with Crippen molar-refractivity contribution in [1.82, 2.24) is 20.0 Å². The smallest absolute Gasteiger partial charge is 0.480 e.